The first kappa shape index (κ1) is 31.9. The molecule has 0 aliphatic heterocycles. The molecule has 0 aliphatic rings. The number of hydrogen-bond acceptors (Lipinski definition) is 6. The Labute approximate surface area is 210 Å². The third-order valence-corrected chi connectivity index (χ3v) is 5.10. The van der Waals surface area contributed by atoms with Crippen LogP contribution >= 0.6 is 0 Å². The molecular weight excluding hydrogens is 446 g/mol. The highest BCUT2D eigenvalue weighted by Gasteiger charge is 2.18. The highest BCUT2D eigenvalue weighted by Crippen LogP contribution is 2.14. The van der Waals surface area contributed by atoms with E-state index in [9.17, 15) is 9.59 Å². The van der Waals surface area contributed by atoms with Crippen LogP contribution in [-0.4, -0.2) is 37.1 Å². The van der Waals surface area contributed by atoms with E-state index < -0.39 is 11.9 Å². The summed E-state index contributed by atoms with van der Waals surface area (Å²) >= 11 is 0. The summed E-state index contributed by atoms with van der Waals surface area (Å²) in [6, 6.07) is 6.74. The van der Waals surface area contributed by atoms with Crippen LogP contribution in [0.15, 0.2) is 24.3 Å². The van der Waals surface area contributed by atoms with Crippen molar-refractivity contribution >= 4 is 23.9 Å². The fourth-order valence-corrected chi connectivity index (χ4v) is 3.23. The van der Waals surface area contributed by atoms with Crippen LogP contribution in [0.4, 0.5) is 0 Å². The number of benzene rings is 1. The van der Waals surface area contributed by atoms with Gasteiger partial charge >= 0.3 is 11.9 Å². The molecule has 0 saturated heterocycles. The molecule has 0 fully saturated rings. The van der Waals surface area contributed by atoms with Gasteiger partial charge in [0.1, 0.15) is 0 Å². The van der Waals surface area contributed by atoms with Crippen molar-refractivity contribution < 1.29 is 19.1 Å². The number of nitrogens with one attached hydrogen (secondary N) is 3. The van der Waals surface area contributed by atoms with Crippen LogP contribution in [-0.2, 0) is 9.47 Å². The Morgan fingerprint density at radius 2 is 1.03 bits per heavy atom. The number of esters is 2. The molecule has 0 spiro atoms. The fourth-order valence-electron chi connectivity index (χ4n) is 3.23. The number of carbonyl (C=O) groups excluding carboxylic acids is 2. The summed E-state index contributed by atoms with van der Waals surface area (Å²) in [6.45, 7) is 5.17. The molecule has 0 aromatic heterocycles. The Morgan fingerprint density at radius 3 is 1.34 bits per heavy atom. The first-order valence-corrected chi connectivity index (χ1v) is 12.7. The fraction of sp³-hybridized carbons (Fsp3) is 0.615. The third kappa shape index (κ3) is 18.0. The molecule has 7 N–H and O–H groups in total. The molecule has 0 heterocycles. The Morgan fingerprint density at radius 1 is 0.686 bits per heavy atom. The number of hydrogen-bond donors (Lipinski definition) is 5. The highest BCUT2D eigenvalue weighted by atomic mass is 16.5. The van der Waals surface area contributed by atoms with Gasteiger partial charge in [-0.1, -0.05) is 90.2 Å². The average molecular weight is 492 g/mol. The molecule has 1 aromatic rings. The topological polar surface area (TPSA) is 164 Å². The SMILES string of the molecule is CCCCCCCCOC(=O)c1ccccc1C(=O)OCCCCCCCC.N=C(N)NC(=N)N. The summed E-state index contributed by atoms with van der Waals surface area (Å²) in [4.78, 5) is 24.7. The van der Waals surface area contributed by atoms with Crippen LogP contribution in [0.5, 0.6) is 0 Å². The van der Waals surface area contributed by atoms with Crippen LogP contribution in [0.1, 0.15) is 112 Å². The summed E-state index contributed by atoms with van der Waals surface area (Å²) in [7, 11) is 0. The lowest BCUT2D eigenvalue weighted by atomic mass is 10.1. The van der Waals surface area contributed by atoms with E-state index in [0.29, 0.717) is 24.3 Å². The largest absolute Gasteiger partial charge is 0.462 e. The smallest absolute Gasteiger partial charge is 0.339 e. The van der Waals surface area contributed by atoms with Crippen LogP contribution in [0, 0.1) is 10.8 Å². The zero-order valence-electron chi connectivity index (χ0n) is 21.5. The predicted octanol–water partition coefficient (Wildman–Crippen LogP) is 5.08. The van der Waals surface area contributed by atoms with Crippen LogP contribution in [0.3, 0.4) is 0 Å². The molecule has 0 saturated carbocycles. The molecule has 0 unspecified atom stereocenters. The van der Waals surface area contributed by atoms with Gasteiger partial charge in [-0.2, -0.15) is 0 Å². The van der Waals surface area contributed by atoms with Crippen molar-refractivity contribution in [1.82, 2.24) is 5.32 Å². The van der Waals surface area contributed by atoms with Crippen LogP contribution in [0.25, 0.3) is 0 Å². The van der Waals surface area contributed by atoms with Crippen molar-refractivity contribution in [2.45, 2.75) is 90.9 Å². The van der Waals surface area contributed by atoms with E-state index in [1.165, 1.54) is 51.4 Å². The van der Waals surface area contributed by atoms with E-state index >= 15 is 0 Å². The molecule has 9 heteroatoms. The summed E-state index contributed by atoms with van der Waals surface area (Å²) in [5.41, 5.74) is 10.1. The molecule has 0 radical (unpaired) electrons. The van der Waals surface area contributed by atoms with Gasteiger partial charge in [0.2, 0.25) is 0 Å². The van der Waals surface area contributed by atoms with E-state index in [0.717, 1.165) is 25.7 Å². The first-order chi connectivity index (χ1) is 16.8. The minimum absolute atomic E-state index is 0.293. The molecule has 1 aromatic carbocycles. The maximum Gasteiger partial charge on any atom is 0.339 e. The zero-order valence-corrected chi connectivity index (χ0v) is 21.5. The van der Waals surface area contributed by atoms with Gasteiger partial charge in [0.25, 0.3) is 0 Å². The van der Waals surface area contributed by atoms with E-state index in [1.54, 1.807) is 24.3 Å². The maximum atomic E-state index is 12.4. The lowest BCUT2D eigenvalue weighted by Crippen LogP contribution is -2.39. The zero-order chi connectivity index (χ0) is 26.3. The molecule has 198 valence electrons. The van der Waals surface area contributed by atoms with Gasteiger partial charge in [-0.15, -0.1) is 0 Å². The molecule has 35 heavy (non-hydrogen) atoms. The molecular formula is C26H45N5O4. The molecule has 9 nitrogen and oxygen atoms in total. The van der Waals surface area contributed by atoms with Gasteiger partial charge in [-0.3, -0.25) is 16.1 Å². The Balaban J connectivity index is 0.00000143. The van der Waals surface area contributed by atoms with Crippen LogP contribution in [0.2, 0.25) is 0 Å². The number of rotatable bonds is 16. The second-order valence-electron chi connectivity index (χ2n) is 8.31. The molecule has 0 aliphatic carbocycles. The number of guanidine groups is 2. The van der Waals surface area contributed by atoms with Gasteiger partial charge in [-0.05, 0) is 25.0 Å². The minimum Gasteiger partial charge on any atom is -0.462 e. The predicted molar refractivity (Wildman–Crippen MR) is 141 cm³/mol. The number of unbranched alkanes of at least 4 members (excludes halogenated alkanes) is 10. The van der Waals surface area contributed by atoms with Gasteiger partial charge in [-0.25, -0.2) is 9.59 Å². The van der Waals surface area contributed by atoms with Gasteiger partial charge in [0, 0.05) is 0 Å². The van der Waals surface area contributed by atoms with Gasteiger partial charge in [0.15, 0.2) is 11.9 Å². The lowest BCUT2D eigenvalue weighted by Gasteiger charge is -2.10. The summed E-state index contributed by atoms with van der Waals surface area (Å²) in [5, 5.41) is 15.0. The number of ether oxygens (including phenoxy) is 2. The molecule has 1 rings (SSSR count). The Hall–Kier alpha value is -3.10. The average Bonchev–Trinajstić information content (AvgIpc) is 2.82. The van der Waals surface area contributed by atoms with E-state index in [4.69, 9.17) is 31.8 Å². The number of carbonyl (C=O) groups is 2. The normalized spacial score (nSPS) is 10.0. The Bertz CT molecular complexity index is 694. The van der Waals surface area contributed by atoms with Crippen LogP contribution < -0.4 is 16.8 Å². The third-order valence-electron chi connectivity index (χ3n) is 5.10. The minimum atomic E-state index is -0.444. The number of nitrogens with two attached hydrogens (primary N) is 2. The van der Waals surface area contributed by atoms with E-state index in [-0.39, 0.29) is 11.9 Å². The van der Waals surface area contributed by atoms with Crippen molar-refractivity contribution in [2.24, 2.45) is 11.5 Å². The highest BCUT2D eigenvalue weighted by molar-refractivity contribution is 6.03. The molecule has 0 bridgehead atoms. The standard InChI is InChI=1S/C24H38O4.C2H7N5/c1-3-5-7-9-11-15-19-27-23(25)21-17-13-14-18-22(21)24(26)28-20-16-12-10-8-6-4-2;3-1(4)7-2(5)6/h13-14,17-18H,3-12,15-16,19-20H2,1-2H3;(H7,3,4,5,6,7). The Kier molecular flexibility index (Phi) is 19.5. The first-order valence-electron chi connectivity index (χ1n) is 12.7. The maximum absolute atomic E-state index is 12.4. The summed E-state index contributed by atoms with van der Waals surface area (Å²) in [5.74, 6) is -1.51. The molecule has 0 amide bonds. The van der Waals surface area contributed by atoms with Crippen molar-refractivity contribution in [3.8, 4) is 0 Å². The van der Waals surface area contributed by atoms with E-state index in [1.807, 2.05) is 5.32 Å². The monoisotopic (exact) mass is 491 g/mol. The second-order valence-corrected chi connectivity index (χ2v) is 8.31. The quantitative estimate of drug-likeness (QED) is 0.0930. The van der Waals surface area contributed by atoms with Crippen molar-refractivity contribution in [3.63, 3.8) is 0 Å². The van der Waals surface area contributed by atoms with Crippen molar-refractivity contribution in [2.75, 3.05) is 13.2 Å². The summed E-state index contributed by atoms with van der Waals surface area (Å²) in [6.07, 6.45) is 13.6. The van der Waals surface area contributed by atoms with Gasteiger partial charge < -0.3 is 20.9 Å². The van der Waals surface area contributed by atoms with Gasteiger partial charge in [0.05, 0.1) is 24.3 Å². The lowest BCUT2D eigenvalue weighted by molar-refractivity contribution is 0.0450. The van der Waals surface area contributed by atoms with E-state index in [2.05, 4.69) is 13.8 Å². The second kappa shape index (κ2) is 21.4. The summed E-state index contributed by atoms with van der Waals surface area (Å²) < 4.78 is 10.7. The van der Waals surface area contributed by atoms with Crippen molar-refractivity contribution in [3.05, 3.63) is 35.4 Å². The molecule has 0 atom stereocenters. The van der Waals surface area contributed by atoms with Crippen molar-refractivity contribution in [1.29, 1.82) is 10.8 Å².